The molecule has 0 fully saturated rings. The third kappa shape index (κ3) is 3.64. The second-order valence-corrected chi connectivity index (χ2v) is 7.21. The van der Waals surface area contributed by atoms with Crippen LogP contribution in [-0.4, -0.2) is 26.1 Å². The van der Waals surface area contributed by atoms with Crippen LogP contribution in [0.15, 0.2) is 42.5 Å². The first kappa shape index (κ1) is 18.5. The molecule has 0 radical (unpaired) electrons. The summed E-state index contributed by atoms with van der Waals surface area (Å²) in [6.45, 7) is 6.14. The van der Waals surface area contributed by atoms with Gasteiger partial charge in [0.1, 0.15) is 10.6 Å². The number of thiophene rings is 1. The van der Waals surface area contributed by atoms with E-state index in [4.69, 9.17) is 16.3 Å². The highest BCUT2D eigenvalue weighted by Crippen LogP contribution is 2.37. The number of anilines is 2. The van der Waals surface area contributed by atoms with Gasteiger partial charge in [-0.3, -0.25) is 4.79 Å². The maximum absolute atomic E-state index is 12.7. The fourth-order valence-corrected chi connectivity index (χ4v) is 4.29. The Bertz CT molecular complexity index is 917. The number of hydrogen-bond acceptors (Lipinski definition) is 4. The summed E-state index contributed by atoms with van der Waals surface area (Å²) in [5, 5.41) is 4.27. The van der Waals surface area contributed by atoms with Gasteiger partial charge in [0.05, 0.1) is 12.1 Å². The number of rotatable bonds is 6. The average molecular weight is 389 g/mol. The molecule has 136 valence electrons. The molecule has 26 heavy (non-hydrogen) atoms. The lowest BCUT2D eigenvalue weighted by Gasteiger charge is -2.21. The zero-order chi connectivity index (χ0) is 18.7. The molecule has 0 spiro atoms. The van der Waals surface area contributed by atoms with Gasteiger partial charge in [0.15, 0.2) is 0 Å². The van der Waals surface area contributed by atoms with E-state index in [0.29, 0.717) is 9.90 Å². The Hall–Kier alpha value is -2.24. The number of fused-ring (bicyclic) bond motifs is 1. The molecule has 1 N–H and O–H groups in total. The Labute approximate surface area is 162 Å². The molecule has 3 rings (SSSR count). The molecule has 1 aromatic heterocycles. The summed E-state index contributed by atoms with van der Waals surface area (Å²) < 4.78 is 6.16. The van der Waals surface area contributed by atoms with Gasteiger partial charge >= 0.3 is 0 Å². The molecule has 0 aliphatic heterocycles. The van der Waals surface area contributed by atoms with E-state index in [2.05, 4.69) is 24.1 Å². The lowest BCUT2D eigenvalue weighted by molar-refractivity contribution is 0.103. The maximum atomic E-state index is 12.7. The zero-order valence-electron chi connectivity index (χ0n) is 15.0. The van der Waals surface area contributed by atoms with Crippen molar-refractivity contribution in [2.75, 3.05) is 30.4 Å². The molecular weight excluding hydrogens is 368 g/mol. The highest BCUT2D eigenvalue weighted by atomic mass is 35.5. The van der Waals surface area contributed by atoms with E-state index in [1.165, 1.54) is 11.3 Å². The van der Waals surface area contributed by atoms with E-state index < -0.39 is 0 Å². The first-order valence-corrected chi connectivity index (χ1v) is 9.69. The Morgan fingerprint density at radius 1 is 1.15 bits per heavy atom. The number of carbonyl (C=O) groups is 1. The fraction of sp³-hybridized carbons (Fsp3) is 0.250. The minimum absolute atomic E-state index is 0.203. The van der Waals surface area contributed by atoms with E-state index >= 15 is 0 Å². The molecule has 0 saturated carbocycles. The number of hydrogen-bond donors (Lipinski definition) is 1. The first-order chi connectivity index (χ1) is 12.6. The summed E-state index contributed by atoms with van der Waals surface area (Å²) >= 11 is 7.78. The molecule has 0 aliphatic carbocycles. The van der Waals surface area contributed by atoms with Crippen molar-refractivity contribution in [2.24, 2.45) is 0 Å². The van der Waals surface area contributed by atoms with Gasteiger partial charge in [0, 0.05) is 34.6 Å². The van der Waals surface area contributed by atoms with Crippen LogP contribution in [0.5, 0.6) is 5.75 Å². The average Bonchev–Trinajstić information content (AvgIpc) is 3.00. The number of halogens is 1. The van der Waals surface area contributed by atoms with Crippen LogP contribution in [0.4, 0.5) is 11.4 Å². The van der Waals surface area contributed by atoms with Crippen LogP contribution >= 0.6 is 22.9 Å². The van der Waals surface area contributed by atoms with E-state index in [1.54, 1.807) is 7.11 Å². The number of ether oxygens (including phenoxy) is 1. The smallest absolute Gasteiger partial charge is 0.267 e. The predicted molar refractivity (Wildman–Crippen MR) is 111 cm³/mol. The fourth-order valence-electron chi connectivity index (χ4n) is 2.85. The quantitative estimate of drug-likeness (QED) is 0.592. The van der Waals surface area contributed by atoms with Crippen LogP contribution in [0.1, 0.15) is 23.5 Å². The van der Waals surface area contributed by atoms with E-state index in [1.807, 2.05) is 42.5 Å². The lowest BCUT2D eigenvalue weighted by Crippen LogP contribution is -2.21. The van der Waals surface area contributed by atoms with Crippen molar-refractivity contribution in [3.63, 3.8) is 0 Å². The van der Waals surface area contributed by atoms with Crippen molar-refractivity contribution >= 4 is 50.3 Å². The largest absolute Gasteiger partial charge is 0.497 e. The molecule has 0 bridgehead atoms. The van der Waals surface area contributed by atoms with Crippen LogP contribution in [0, 0.1) is 0 Å². The second-order valence-electron chi connectivity index (χ2n) is 5.78. The molecule has 6 heteroatoms. The highest BCUT2D eigenvalue weighted by Gasteiger charge is 2.18. The lowest BCUT2D eigenvalue weighted by atomic mass is 10.2. The summed E-state index contributed by atoms with van der Waals surface area (Å²) in [7, 11) is 1.62. The number of carbonyl (C=O) groups excluding carboxylic acids is 1. The Morgan fingerprint density at radius 2 is 1.85 bits per heavy atom. The Morgan fingerprint density at radius 3 is 2.46 bits per heavy atom. The zero-order valence-corrected chi connectivity index (χ0v) is 16.6. The first-order valence-electron chi connectivity index (χ1n) is 8.49. The predicted octanol–water partition coefficient (Wildman–Crippen LogP) is 5.66. The number of nitrogens with one attached hydrogen (secondary N) is 1. The van der Waals surface area contributed by atoms with Gasteiger partial charge in [-0.1, -0.05) is 11.6 Å². The monoisotopic (exact) mass is 388 g/mol. The van der Waals surface area contributed by atoms with Crippen LogP contribution in [0.25, 0.3) is 10.1 Å². The third-order valence-electron chi connectivity index (χ3n) is 4.30. The van der Waals surface area contributed by atoms with Gasteiger partial charge in [-0.2, -0.15) is 0 Å². The van der Waals surface area contributed by atoms with E-state index in [0.717, 1.165) is 40.3 Å². The van der Waals surface area contributed by atoms with Gasteiger partial charge in [-0.25, -0.2) is 0 Å². The summed E-state index contributed by atoms with van der Waals surface area (Å²) in [4.78, 5) is 15.4. The molecule has 1 amide bonds. The summed E-state index contributed by atoms with van der Waals surface area (Å²) in [6, 6.07) is 13.5. The second kappa shape index (κ2) is 7.98. The van der Waals surface area contributed by atoms with Gasteiger partial charge in [0.2, 0.25) is 0 Å². The molecule has 1 heterocycles. The number of methoxy groups -OCH3 is 1. The highest BCUT2D eigenvalue weighted by molar-refractivity contribution is 7.21. The van der Waals surface area contributed by atoms with Crippen molar-refractivity contribution < 1.29 is 9.53 Å². The van der Waals surface area contributed by atoms with Crippen molar-refractivity contribution in [2.45, 2.75) is 13.8 Å². The number of amides is 1. The summed E-state index contributed by atoms with van der Waals surface area (Å²) in [6.07, 6.45) is 0. The minimum atomic E-state index is -0.203. The van der Waals surface area contributed by atoms with Crippen molar-refractivity contribution in [3.05, 3.63) is 52.4 Å². The molecule has 0 saturated heterocycles. The van der Waals surface area contributed by atoms with Gasteiger partial charge in [0.25, 0.3) is 5.91 Å². The number of benzene rings is 2. The van der Waals surface area contributed by atoms with Crippen LogP contribution in [0.3, 0.4) is 0 Å². The van der Waals surface area contributed by atoms with Crippen molar-refractivity contribution in [3.8, 4) is 5.75 Å². The molecule has 0 atom stereocenters. The molecule has 0 unspecified atom stereocenters. The van der Waals surface area contributed by atoms with Crippen molar-refractivity contribution in [1.82, 2.24) is 0 Å². The van der Waals surface area contributed by atoms with Crippen LogP contribution in [-0.2, 0) is 0 Å². The van der Waals surface area contributed by atoms with E-state index in [9.17, 15) is 4.79 Å². The topological polar surface area (TPSA) is 41.6 Å². The van der Waals surface area contributed by atoms with Crippen molar-refractivity contribution in [1.29, 1.82) is 0 Å². The Kier molecular flexibility index (Phi) is 5.69. The van der Waals surface area contributed by atoms with Gasteiger partial charge in [-0.15, -0.1) is 11.3 Å². The van der Waals surface area contributed by atoms with Gasteiger partial charge < -0.3 is 15.0 Å². The SMILES string of the molecule is CCN(CC)c1ccc(NC(=O)c2sc3cc(OC)ccc3c2Cl)cc1. The van der Waals surface area contributed by atoms with Crippen LogP contribution < -0.4 is 15.0 Å². The minimum Gasteiger partial charge on any atom is -0.497 e. The Balaban J connectivity index is 1.81. The molecule has 2 aromatic carbocycles. The van der Waals surface area contributed by atoms with Crippen LogP contribution in [0.2, 0.25) is 5.02 Å². The maximum Gasteiger partial charge on any atom is 0.267 e. The number of nitrogens with zero attached hydrogens (tertiary/aromatic N) is 1. The molecular formula is C20H21ClN2O2S. The summed E-state index contributed by atoms with van der Waals surface area (Å²) in [5.74, 6) is 0.542. The standard InChI is InChI=1S/C20H21ClN2O2S/c1-4-23(5-2)14-8-6-13(7-9-14)22-20(24)19-18(21)16-11-10-15(25-3)12-17(16)26-19/h6-12H,4-5H2,1-3H3,(H,22,24). The van der Waals surface area contributed by atoms with E-state index in [-0.39, 0.29) is 5.91 Å². The molecule has 0 aliphatic rings. The molecule has 3 aromatic rings. The van der Waals surface area contributed by atoms with Gasteiger partial charge in [-0.05, 0) is 56.3 Å². The molecule has 4 nitrogen and oxygen atoms in total. The third-order valence-corrected chi connectivity index (χ3v) is 5.95. The normalized spacial score (nSPS) is 10.8. The summed E-state index contributed by atoms with van der Waals surface area (Å²) in [5.41, 5.74) is 1.89.